The first-order chi connectivity index (χ1) is 10.2. The molecule has 0 spiro atoms. The monoisotopic (exact) mass is 288 g/mol. The normalized spacial score (nSPS) is 25.0. The van der Waals surface area contributed by atoms with Crippen molar-refractivity contribution in [2.24, 2.45) is 0 Å². The van der Waals surface area contributed by atoms with Crippen LogP contribution in [-0.4, -0.2) is 36.4 Å². The minimum atomic E-state index is -0.339. The zero-order chi connectivity index (χ0) is 14.8. The zero-order valence-corrected chi connectivity index (χ0v) is 12.2. The fraction of sp³-hybridized carbons (Fsp3) is 0.500. The molecule has 5 nitrogen and oxygen atoms in total. The molecule has 5 heteroatoms. The van der Waals surface area contributed by atoms with Gasteiger partial charge in [0.15, 0.2) is 0 Å². The molecule has 0 saturated carbocycles. The minimum absolute atomic E-state index is 0.0414. The molecular formula is C16H20N2O3. The van der Waals surface area contributed by atoms with Gasteiger partial charge in [0.05, 0.1) is 12.6 Å². The SMILES string of the molecule is CN1C(=O)CC[C@H]1C(=O)N[C@H]1CCCOc2ccccc21. The Morgan fingerprint density at radius 3 is 2.90 bits per heavy atom. The summed E-state index contributed by atoms with van der Waals surface area (Å²) in [6.07, 6.45) is 2.82. The van der Waals surface area contributed by atoms with Crippen molar-refractivity contribution in [1.82, 2.24) is 10.2 Å². The number of carbonyl (C=O) groups excluding carboxylic acids is 2. The number of carbonyl (C=O) groups is 2. The van der Waals surface area contributed by atoms with E-state index >= 15 is 0 Å². The Morgan fingerprint density at radius 1 is 1.33 bits per heavy atom. The first-order valence-electron chi connectivity index (χ1n) is 7.44. The summed E-state index contributed by atoms with van der Waals surface area (Å²) in [5.74, 6) is 0.820. The van der Waals surface area contributed by atoms with Crippen LogP contribution in [0.5, 0.6) is 5.75 Å². The van der Waals surface area contributed by atoms with E-state index in [0.29, 0.717) is 19.4 Å². The molecule has 2 aliphatic rings. The molecule has 1 fully saturated rings. The molecule has 2 aliphatic heterocycles. The number of hydrogen-bond donors (Lipinski definition) is 1. The van der Waals surface area contributed by atoms with Gasteiger partial charge in [0, 0.05) is 19.0 Å². The maximum Gasteiger partial charge on any atom is 0.243 e. The van der Waals surface area contributed by atoms with E-state index < -0.39 is 0 Å². The second-order valence-electron chi connectivity index (χ2n) is 5.65. The van der Waals surface area contributed by atoms with Gasteiger partial charge in [0.25, 0.3) is 0 Å². The molecular weight excluding hydrogens is 268 g/mol. The highest BCUT2D eigenvalue weighted by atomic mass is 16.5. The molecule has 2 atom stereocenters. The first kappa shape index (κ1) is 13.9. The molecule has 0 aromatic heterocycles. The van der Waals surface area contributed by atoms with Crippen molar-refractivity contribution in [3.05, 3.63) is 29.8 Å². The number of fused-ring (bicyclic) bond motifs is 1. The fourth-order valence-corrected chi connectivity index (χ4v) is 3.05. The Balaban J connectivity index is 1.75. The summed E-state index contributed by atoms with van der Waals surface area (Å²) in [5.41, 5.74) is 1.02. The summed E-state index contributed by atoms with van der Waals surface area (Å²) >= 11 is 0. The Kier molecular flexibility index (Phi) is 3.82. The number of ether oxygens (including phenoxy) is 1. The first-order valence-corrected chi connectivity index (χ1v) is 7.44. The number of likely N-dealkylation sites (tertiary alicyclic amines) is 1. The van der Waals surface area contributed by atoms with E-state index in [2.05, 4.69) is 5.32 Å². The maximum atomic E-state index is 12.4. The third-order valence-corrected chi connectivity index (χ3v) is 4.30. The van der Waals surface area contributed by atoms with E-state index in [1.807, 2.05) is 24.3 Å². The van der Waals surface area contributed by atoms with Gasteiger partial charge in [-0.2, -0.15) is 0 Å². The minimum Gasteiger partial charge on any atom is -0.493 e. The maximum absolute atomic E-state index is 12.4. The lowest BCUT2D eigenvalue weighted by atomic mass is 10.0. The fourth-order valence-electron chi connectivity index (χ4n) is 3.05. The number of para-hydroxylation sites is 1. The van der Waals surface area contributed by atoms with Crippen LogP contribution in [0.4, 0.5) is 0 Å². The van der Waals surface area contributed by atoms with Crippen molar-refractivity contribution < 1.29 is 14.3 Å². The molecule has 0 unspecified atom stereocenters. The summed E-state index contributed by atoms with van der Waals surface area (Å²) in [7, 11) is 1.70. The van der Waals surface area contributed by atoms with E-state index in [-0.39, 0.29) is 23.9 Å². The predicted octanol–water partition coefficient (Wildman–Crippen LogP) is 1.64. The van der Waals surface area contributed by atoms with Crippen LogP contribution in [0.1, 0.15) is 37.3 Å². The van der Waals surface area contributed by atoms with Gasteiger partial charge in [-0.3, -0.25) is 9.59 Å². The Bertz CT molecular complexity index is 558. The summed E-state index contributed by atoms with van der Waals surface area (Å²) in [5, 5.41) is 3.10. The van der Waals surface area contributed by atoms with E-state index in [1.54, 1.807) is 11.9 Å². The molecule has 21 heavy (non-hydrogen) atoms. The predicted molar refractivity (Wildman–Crippen MR) is 77.8 cm³/mol. The van der Waals surface area contributed by atoms with Crippen molar-refractivity contribution in [3.63, 3.8) is 0 Å². The summed E-state index contributed by atoms with van der Waals surface area (Å²) < 4.78 is 5.71. The Hall–Kier alpha value is -2.04. The highest BCUT2D eigenvalue weighted by Crippen LogP contribution is 2.31. The lowest BCUT2D eigenvalue weighted by Crippen LogP contribution is -2.43. The summed E-state index contributed by atoms with van der Waals surface area (Å²) in [4.78, 5) is 25.6. The number of benzene rings is 1. The van der Waals surface area contributed by atoms with Gasteiger partial charge in [-0.15, -0.1) is 0 Å². The summed E-state index contributed by atoms with van der Waals surface area (Å²) in [6.45, 7) is 0.672. The largest absolute Gasteiger partial charge is 0.493 e. The van der Waals surface area contributed by atoms with Crippen LogP contribution in [-0.2, 0) is 9.59 Å². The van der Waals surface area contributed by atoms with Crippen LogP contribution in [0.25, 0.3) is 0 Å². The zero-order valence-electron chi connectivity index (χ0n) is 12.2. The number of amides is 2. The van der Waals surface area contributed by atoms with Gasteiger partial charge in [-0.05, 0) is 25.3 Å². The second kappa shape index (κ2) is 5.76. The van der Waals surface area contributed by atoms with Gasteiger partial charge in [0.1, 0.15) is 11.8 Å². The van der Waals surface area contributed by atoms with Gasteiger partial charge < -0.3 is 15.0 Å². The number of rotatable bonds is 2. The summed E-state index contributed by atoms with van der Waals surface area (Å²) in [6, 6.07) is 7.44. The van der Waals surface area contributed by atoms with Crippen LogP contribution >= 0.6 is 0 Å². The van der Waals surface area contributed by atoms with E-state index in [4.69, 9.17) is 4.74 Å². The van der Waals surface area contributed by atoms with Gasteiger partial charge in [-0.25, -0.2) is 0 Å². The molecule has 1 aromatic rings. The molecule has 1 N–H and O–H groups in total. The van der Waals surface area contributed by atoms with Gasteiger partial charge in [-0.1, -0.05) is 18.2 Å². The average Bonchev–Trinajstić information content (AvgIpc) is 2.71. The van der Waals surface area contributed by atoms with Crippen molar-refractivity contribution in [2.45, 2.75) is 37.8 Å². The molecule has 1 saturated heterocycles. The van der Waals surface area contributed by atoms with E-state index in [9.17, 15) is 9.59 Å². The standard InChI is InChI=1S/C16H20N2O3/c1-18-13(8-9-15(18)19)16(20)17-12-6-4-10-21-14-7-3-2-5-11(12)14/h2-3,5,7,12-13H,4,6,8-10H2,1H3,(H,17,20)/t12-,13-/m0/s1. The van der Waals surface area contributed by atoms with Crippen LogP contribution < -0.4 is 10.1 Å². The van der Waals surface area contributed by atoms with E-state index in [1.165, 1.54) is 0 Å². The third-order valence-electron chi connectivity index (χ3n) is 4.30. The number of nitrogens with zero attached hydrogens (tertiary/aromatic N) is 1. The van der Waals surface area contributed by atoms with Crippen molar-refractivity contribution in [1.29, 1.82) is 0 Å². The number of likely N-dealkylation sites (N-methyl/N-ethyl adjacent to an activating group) is 1. The lowest BCUT2D eigenvalue weighted by Gasteiger charge is -2.24. The Labute approximate surface area is 124 Å². The van der Waals surface area contributed by atoms with Crippen LogP contribution in [0.15, 0.2) is 24.3 Å². The van der Waals surface area contributed by atoms with Crippen molar-refractivity contribution in [2.75, 3.05) is 13.7 Å². The molecule has 2 heterocycles. The van der Waals surface area contributed by atoms with Crippen molar-refractivity contribution in [3.8, 4) is 5.75 Å². The molecule has 112 valence electrons. The molecule has 3 rings (SSSR count). The van der Waals surface area contributed by atoms with Gasteiger partial charge >= 0.3 is 0 Å². The second-order valence-corrected chi connectivity index (χ2v) is 5.65. The van der Waals surface area contributed by atoms with Crippen molar-refractivity contribution >= 4 is 11.8 Å². The molecule has 0 bridgehead atoms. The molecule has 1 aromatic carbocycles. The Morgan fingerprint density at radius 2 is 2.14 bits per heavy atom. The molecule has 2 amide bonds. The van der Waals surface area contributed by atoms with Crippen LogP contribution in [0.3, 0.4) is 0 Å². The van der Waals surface area contributed by atoms with Crippen LogP contribution in [0.2, 0.25) is 0 Å². The molecule has 0 radical (unpaired) electrons. The smallest absolute Gasteiger partial charge is 0.243 e. The topological polar surface area (TPSA) is 58.6 Å². The third kappa shape index (κ3) is 2.73. The number of nitrogens with one attached hydrogen (secondary N) is 1. The highest BCUT2D eigenvalue weighted by Gasteiger charge is 2.34. The van der Waals surface area contributed by atoms with Crippen LogP contribution in [0, 0.1) is 0 Å². The lowest BCUT2D eigenvalue weighted by molar-refractivity contribution is -0.134. The van der Waals surface area contributed by atoms with E-state index in [0.717, 1.165) is 24.2 Å². The average molecular weight is 288 g/mol. The quantitative estimate of drug-likeness (QED) is 0.900. The number of hydrogen-bond acceptors (Lipinski definition) is 3. The van der Waals surface area contributed by atoms with Gasteiger partial charge in [0.2, 0.25) is 11.8 Å². The molecule has 0 aliphatic carbocycles. The highest BCUT2D eigenvalue weighted by molar-refractivity contribution is 5.90.